The second-order valence-corrected chi connectivity index (χ2v) is 10.0. The molecule has 2 aromatic carbocycles. The number of aromatic nitrogens is 2. The van der Waals surface area contributed by atoms with Crippen molar-refractivity contribution in [2.24, 2.45) is 0 Å². The van der Waals surface area contributed by atoms with Crippen molar-refractivity contribution < 1.29 is 13.2 Å². The fourth-order valence-electron chi connectivity index (χ4n) is 3.79. The Morgan fingerprint density at radius 1 is 0.938 bits per heavy atom. The summed E-state index contributed by atoms with van der Waals surface area (Å²) in [6, 6.07) is 16.9. The van der Waals surface area contributed by atoms with Crippen molar-refractivity contribution in [3.63, 3.8) is 0 Å². The van der Waals surface area contributed by atoms with Gasteiger partial charge in [-0.15, -0.1) is 0 Å². The van der Waals surface area contributed by atoms with Gasteiger partial charge in [0.25, 0.3) is 0 Å². The minimum atomic E-state index is -3.51. The number of hydrogen-bond acceptors (Lipinski definition) is 6. The van der Waals surface area contributed by atoms with Gasteiger partial charge in [-0.25, -0.2) is 18.4 Å². The molecule has 3 aromatic rings. The van der Waals surface area contributed by atoms with Gasteiger partial charge < -0.3 is 9.64 Å². The molecule has 0 atom stereocenters. The Morgan fingerprint density at radius 2 is 1.66 bits per heavy atom. The molecule has 1 fully saturated rings. The lowest BCUT2D eigenvalue weighted by Gasteiger charge is -2.34. The van der Waals surface area contributed by atoms with Gasteiger partial charge in [-0.2, -0.15) is 4.31 Å². The summed E-state index contributed by atoms with van der Waals surface area (Å²) < 4.78 is 33.0. The molecule has 1 aliphatic heterocycles. The maximum atomic E-state index is 13.1. The maximum absolute atomic E-state index is 13.1. The van der Waals surface area contributed by atoms with Gasteiger partial charge in [0.05, 0.1) is 17.7 Å². The summed E-state index contributed by atoms with van der Waals surface area (Å²) in [6.45, 7) is 6.14. The van der Waals surface area contributed by atoms with Gasteiger partial charge in [0.1, 0.15) is 17.9 Å². The van der Waals surface area contributed by atoms with Crippen LogP contribution in [0.3, 0.4) is 0 Å². The molecule has 0 bridgehead atoms. The largest absolute Gasteiger partial charge is 0.497 e. The molecule has 2 heterocycles. The van der Waals surface area contributed by atoms with Gasteiger partial charge in [0.15, 0.2) is 0 Å². The highest BCUT2D eigenvalue weighted by Gasteiger charge is 2.29. The van der Waals surface area contributed by atoms with E-state index in [1.165, 1.54) is 0 Å². The van der Waals surface area contributed by atoms with Crippen LogP contribution >= 0.6 is 0 Å². The molecule has 0 saturated carbocycles. The molecule has 1 aliphatic rings. The van der Waals surface area contributed by atoms with Gasteiger partial charge in [-0.3, -0.25) is 0 Å². The fourth-order valence-corrected chi connectivity index (χ4v) is 5.21. The Labute approximate surface area is 189 Å². The zero-order valence-electron chi connectivity index (χ0n) is 18.6. The fraction of sp³-hybridized carbons (Fsp3) is 0.333. The summed E-state index contributed by atoms with van der Waals surface area (Å²) in [7, 11) is -1.87. The third-order valence-electron chi connectivity index (χ3n) is 5.77. The second kappa shape index (κ2) is 9.26. The molecule has 32 heavy (non-hydrogen) atoms. The van der Waals surface area contributed by atoms with Crippen molar-refractivity contribution in [3.8, 4) is 17.0 Å². The van der Waals surface area contributed by atoms with Crippen molar-refractivity contribution in [1.29, 1.82) is 0 Å². The van der Waals surface area contributed by atoms with Crippen LogP contribution in [0.4, 0.5) is 5.82 Å². The number of methoxy groups -OCH3 is 1. The monoisotopic (exact) mass is 452 g/mol. The van der Waals surface area contributed by atoms with Gasteiger partial charge in [0, 0.05) is 37.8 Å². The first kappa shape index (κ1) is 22.2. The van der Waals surface area contributed by atoms with E-state index in [-0.39, 0.29) is 0 Å². The predicted octanol–water partition coefficient (Wildman–Crippen LogP) is 3.79. The van der Waals surface area contributed by atoms with Gasteiger partial charge in [-0.05, 0) is 35.7 Å². The average molecular weight is 453 g/mol. The van der Waals surface area contributed by atoms with Crippen LogP contribution in [0.2, 0.25) is 0 Å². The highest BCUT2D eigenvalue weighted by Crippen LogP contribution is 2.26. The molecule has 0 amide bonds. The lowest BCUT2D eigenvalue weighted by atomic mass is 10.0. The molecule has 1 saturated heterocycles. The third-order valence-corrected chi connectivity index (χ3v) is 7.68. The first-order valence-corrected chi connectivity index (χ1v) is 12.1. The SMILES string of the molecule is COc1cccc(-c2cc(N3CCN(S(=O)(=O)c4ccc(C(C)C)cc4)CC3)ncn2)c1. The zero-order valence-corrected chi connectivity index (χ0v) is 19.4. The van der Waals surface area contributed by atoms with Crippen molar-refractivity contribution in [3.05, 3.63) is 66.5 Å². The molecule has 4 rings (SSSR count). The topological polar surface area (TPSA) is 75.6 Å². The van der Waals surface area contributed by atoms with E-state index in [2.05, 4.69) is 28.7 Å². The summed E-state index contributed by atoms with van der Waals surface area (Å²) in [4.78, 5) is 11.3. The van der Waals surface area contributed by atoms with E-state index < -0.39 is 10.0 Å². The Balaban J connectivity index is 1.46. The number of rotatable bonds is 6. The highest BCUT2D eigenvalue weighted by atomic mass is 32.2. The van der Waals surface area contributed by atoms with Crippen molar-refractivity contribution in [2.45, 2.75) is 24.7 Å². The van der Waals surface area contributed by atoms with Crippen LogP contribution < -0.4 is 9.64 Å². The number of piperazine rings is 1. The molecular formula is C24H28N4O3S. The molecular weight excluding hydrogens is 424 g/mol. The van der Waals surface area contributed by atoms with Crippen LogP contribution in [0, 0.1) is 0 Å². The van der Waals surface area contributed by atoms with E-state index >= 15 is 0 Å². The average Bonchev–Trinajstić information content (AvgIpc) is 2.84. The van der Waals surface area contributed by atoms with Crippen LogP contribution in [-0.4, -0.2) is 56.0 Å². The smallest absolute Gasteiger partial charge is 0.243 e. The third kappa shape index (κ3) is 4.61. The number of sulfonamides is 1. The minimum Gasteiger partial charge on any atom is -0.497 e. The Hall–Kier alpha value is -2.97. The first-order chi connectivity index (χ1) is 15.4. The predicted molar refractivity (Wildman–Crippen MR) is 126 cm³/mol. The molecule has 8 heteroatoms. The van der Waals surface area contributed by atoms with Gasteiger partial charge in [-0.1, -0.05) is 38.1 Å². The van der Waals surface area contributed by atoms with Crippen molar-refractivity contribution in [1.82, 2.24) is 14.3 Å². The number of hydrogen-bond donors (Lipinski definition) is 0. The van der Waals surface area contributed by atoms with Crippen LogP contribution in [0.1, 0.15) is 25.3 Å². The van der Waals surface area contributed by atoms with Gasteiger partial charge >= 0.3 is 0 Å². The van der Waals surface area contributed by atoms with E-state index in [0.29, 0.717) is 37.0 Å². The van der Waals surface area contributed by atoms with Crippen molar-refractivity contribution >= 4 is 15.8 Å². The molecule has 168 valence electrons. The second-order valence-electron chi connectivity index (χ2n) is 8.11. The maximum Gasteiger partial charge on any atom is 0.243 e. The van der Waals surface area contributed by atoms with Crippen LogP contribution in [0.15, 0.2) is 65.8 Å². The minimum absolute atomic E-state index is 0.345. The standard InChI is InChI=1S/C24H28N4O3S/c1-18(2)19-7-9-22(10-8-19)32(29,30)28-13-11-27(12-14-28)24-16-23(25-17-26-24)20-5-4-6-21(15-20)31-3/h4-10,15-18H,11-14H2,1-3H3. The Kier molecular flexibility index (Phi) is 6.43. The van der Waals surface area contributed by atoms with E-state index in [0.717, 1.165) is 28.4 Å². The lowest BCUT2D eigenvalue weighted by molar-refractivity contribution is 0.384. The van der Waals surface area contributed by atoms with Crippen LogP contribution in [0.5, 0.6) is 5.75 Å². The number of benzene rings is 2. The van der Waals surface area contributed by atoms with E-state index in [4.69, 9.17) is 4.74 Å². The Morgan fingerprint density at radius 3 is 2.31 bits per heavy atom. The summed E-state index contributed by atoms with van der Waals surface area (Å²) in [5.41, 5.74) is 2.87. The molecule has 0 spiro atoms. The van der Waals surface area contributed by atoms with Crippen LogP contribution in [-0.2, 0) is 10.0 Å². The van der Waals surface area contributed by atoms with Crippen LogP contribution in [0.25, 0.3) is 11.3 Å². The number of anilines is 1. The van der Waals surface area contributed by atoms with Crippen molar-refractivity contribution in [2.75, 3.05) is 38.2 Å². The molecule has 1 aromatic heterocycles. The first-order valence-electron chi connectivity index (χ1n) is 10.7. The van der Waals surface area contributed by atoms with E-state index in [1.807, 2.05) is 42.5 Å². The normalized spacial score (nSPS) is 15.2. The number of ether oxygens (including phenoxy) is 1. The Bertz CT molecular complexity index is 1170. The van der Waals surface area contributed by atoms with E-state index in [1.54, 1.807) is 29.9 Å². The quantitative estimate of drug-likeness (QED) is 0.567. The summed E-state index contributed by atoms with van der Waals surface area (Å²) in [5.74, 6) is 1.92. The van der Waals surface area contributed by atoms with Gasteiger partial charge in [0.2, 0.25) is 10.0 Å². The molecule has 7 nitrogen and oxygen atoms in total. The zero-order chi connectivity index (χ0) is 22.7. The molecule has 0 unspecified atom stereocenters. The lowest BCUT2D eigenvalue weighted by Crippen LogP contribution is -2.48. The molecule has 0 radical (unpaired) electrons. The number of nitrogens with zero attached hydrogens (tertiary/aromatic N) is 4. The molecule has 0 aliphatic carbocycles. The summed E-state index contributed by atoms with van der Waals surface area (Å²) >= 11 is 0. The molecule has 0 N–H and O–H groups in total. The highest BCUT2D eigenvalue weighted by molar-refractivity contribution is 7.89. The summed E-state index contributed by atoms with van der Waals surface area (Å²) in [6.07, 6.45) is 1.55. The summed E-state index contributed by atoms with van der Waals surface area (Å²) in [5, 5.41) is 0. The van der Waals surface area contributed by atoms with E-state index in [9.17, 15) is 8.42 Å².